The summed E-state index contributed by atoms with van der Waals surface area (Å²) in [5.41, 5.74) is 2.18. The van der Waals surface area contributed by atoms with Gasteiger partial charge in [0.1, 0.15) is 0 Å². The Morgan fingerprint density at radius 2 is 2.00 bits per heavy atom. The van der Waals surface area contributed by atoms with E-state index in [1.165, 1.54) is 0 Å². The fraction of sp³-hybridized carbons (Fsp3) is 0.412. The molecule has 0 atom stereocenters. The molecule has 6 heteroatoms. The topological polar surface area (TPSA) is 56.6 Å². The summed E-state index contributed by atoms with van der Waals surface area (Å²) in [4.78, 5) is 18.6. The van der Waals surface area contributed by atoms with Gasteiger partial charge in [0.15, 0.2) is 18.1 Å². The number of carbonyl (C=O) groups excluding carboxylic acids is 1. The van der Waals surface area contributed by atoms with Crippen molar-refractivity contribution in [3.05, 3.63) is 42.0 Å². The van der Waals surface area contributed by atoms with Crippen molar-refractivity contribution in [1.29, 1.82) is 0 Å². The van der Waals surface area contributed by atoms with Crippen molar-refractivity contribution in [1.82, 2.24) is 14.5 Å². The maximum Gasteiger partial charge on any atom is 0.260 e. The second-order valence-corrected chi connectivity index (χ2v) is 5.48. The Morgan fingerprint density at radius 3 is 2.74 bits per heavy atom. The maximum atomic E-state index is 12.4. The molecule has 0 saturated heterocycles. The maximum absolute atomic E-state index is 12.4. The molecule has 1 aliphatic rings. The second-order valence-electron chi connectivity index (χ2n) is 5.48. The van der Waals surface area contributed by atoms with Crippen molar-refractivity contribution < 1.29 is 14.3 Å². The van der Waals surface area contributed by atoms with Crippen molar-refractivity contribution >= 4 is 5.91 Å². The number of fused-ring (bicyclic) bond motifs is 1. The van der Waals surface area contributed by atoms with Crippen LogP contribution in [0.4, 0.5) is 0 Å². The van der Waals surface area contributed by atoms with Gasteiger partial charge in [0.25, 0.3) is 5.91 Å². The summed E-state index contributed by atoms with van der Waals surface area (Å²) in [6.07, 6.45) is 2.59. The van der Waals surface area contributed by atoms with Gasteiger partial charge < -0.3 is 18.9 Å². The van der Waals surface area contributed by atoms with E-state index in [9.17, 15) is 4.79 Å². The zero-order chi connectivity index (χ0) is 16.2. The number of hydrogen-bond acceptors (Lipinski definition) is 4. The molecule has 3 rings (SSSR count). The van der Waals surface area contributed by atoms with Gasteiger partial charge in [-0.25, -0.2) is 4.98 Å². The Balaban J connectivity index is 1.61. The minimum atomic E-state index is -0.0249. The van der Waals surface area contributed by atoms with Crippen LogP contribution in [0.2, 0.25) is 0 Å². The highest BCUT2D eigenvalue weighted by Gasteiger charge is 2.24. The van der Waals surface area contributed by atoms with Crippen molar-refractivity contribution in [3.8, 4) is 11.5 Å². The summed E-state index contributed by atoms with van der Waals surface area (Å²) in [5.74, 6) is 1.24. The minimum absolute atomic E-state index is 0.0112. The monoisotopic (exact) mass is 315 g/mol. The van der Waals surface area contributed by atoms with Crippen molar-refractivity contribution in [3.63, 3.8) is 0 Å². The highest BCUT2D eigenvalue weighted by atomic mass is 16.5. The van der Waals surface area contributed by atoms with Crippen LogP contribution in [0.1, 0.15) is 18.3 Å². The van der Waals surface area contributed by atoms with Crippen LogP contribution in [-0.2, 0) is 24.8 Å². The Bertz CT molecular complexity index is 696. The summed E-state index contributed by atoms with van der Waals surface area (Å²) in [6, 6.07) is 7.40. The number of amides is 1. The average molecular weight is 315 g/mol. The van der Waals surface area contributed by atoms with Crippen LogP contribution in [0.5, 0.6) is 11.5 Å². The molecule has 0 radical (unpaired) electrons. The largest absolute Gasteiger partial charge is 0.490 e. The van der Waals surface area contributed by atoms with Gasteiger partial charge >= 0.3 is 0 Å². The molecule has 2 aromatic rings. The number of nitrogens with zero attached hydrogens (tertiary/aromatic N) is 3. The fourth-order valence-corrected chi connectivity index (χ4v) is 2.70. The predicted molar refractivity (Wildman–Crippen MR) is 85.4 cm³/mol. The van der Waals surface area contributed by atoms with Crippen LogP contribution in [0, 0.1) is 0 Å². The standard InChI is InChI=1S/C17H21N3O3/c1-3-22-15-6-4-5-7-16(15)23-11-17(21)20-9-8-13-14(10-20)19(2)12-18-13/h4-7,12H,3,8-11H2,1-2H3. The number of carbonyl (C=O) groups is 1. The number of imidazole rings is 1. The molecule has 6 nitrogen and oxygen atoms in total. The summed E-state index contributed by atoms with van der Waals surface area (Å²) < 4.78 is 13.1. The molecule has 1 aliphatic heterocycles. The summed E-state index contributed by atoms with van der Waals surface area (Å²) in [6.45, 7) is 3.75. The van der Waals surface area contributed by atoms with Crippen molar-refractivity contribution in [2.45, 2.75) is 19.9 Å². The zero-order valence-electron chi connectivity index (χ0n) is 13.5. The Kier molecular flexibility index (Phi) is 4.50. The van der Waals surface area contributed by atoms with E-state index in [1.807, 2.05) is 47.7 Å². The van der Waals surface area contributed by atoms with E-state index in [-0.39, 0.29) is 12.5 Å². The number of ether oxygens (including phenoxy) is 2. The highest BCUT2D eigenvalue weighted by molar-refractivity contribution is 5.78. The van der Waals surface area contributed by atoms with Gasteiger partial charge in [0.2, 0.25) is 0 Å². The van der Waals surface area contributed by atoms with Crippen molar-refractivity contribution in [2.75, 3.05) is 19.8 Å². The summed E-state index contributed by atoms with van der Waals surface area (Å²) in [5, 5.41) is 0. The van der Waals surface area contributed by atoms with Gasteiger partial charge in [0, 0.05) is 20.0 Å². The average Bonchev–Trinajstić information content (AvgIpc) is 2.95. The van der Waals surface area contributed by atoms with E-state index in [1.54, 1.807) is 6.33 Å². The molecule has 1 aromatic heterocycles. The molecule has 2 heterocycles. The first-order valence-electron chi connectivity index (χ1n) is 7.80. The smallest absolute Gasteiger partial charge is 0.260 e. The van der Waals surface area contributed by atoms with Crippen LogP contribution in [0.25, 0.3) is 0 Å². The van der Waals surface area contributed by atoms with Gasteiger partial charge in [-0.15, -0.1) is 0 Å². The Hall–Kier alpha value is -2.50. The van der Waals surface area contributed by atoms with Gasteiger partial charge in [-0.2, -0.15) is 0 Å². The first-order valence-corrected chi connectivity index (χ1v) is 7.80. The predicted octanol–water partition coefficient (Wildman–Crippen LogP) is 1.78. The molecule has 0 fully saturated rings. The van der Waals surface area contributed by atoms with E-state index in [0.717, 1.165) is 17.8 Å². The van der Waals surface area contributed by atoms with Crippen LogP contribution in [0.15, 0.2) is 30.6 Å². The first-order chi connectivity index (χ1) is 11.2. The Labute approximate surface area is 135 Å². The normalized spacial score (nSPS) is 13.6. The van der Waals surface area contributed by atoms with Gasteiger partial charge in [-0.05, 0) is 19.1 Å². The third-order valence-corrected chi connectivity index (χ3v) is 3.96. The second kappa shape index (κ2) is 6.73. The van der Waals surface area contributed by atoms with Gasteiger partial charge in [-0.3, -0.25) is 4.79 Å². The fourth-order valence-electron chi connectivity index (χ4n) is 2.70. The van der Waals surface area contributed by atoms with Crippen molar-refractivity contribution in [2.24, 2.45) is 7.05 Å². The molecule has 23 heavy (non-hydrogen) atoms. The van der Waals surface area contributed by atoms with Gasteiger partial charge in [0.05, 0.1) is 30.9 Å². The van der Waals surface area contributed by atoms with Crippen LogP contribution in [0.3, 0.4) is 0 Å². The number of rotatable bonds is 5. The van der Waals surface area contributed by atoms with E-state index < -0.39 is 0 Å². The highest BCUT2D eigenvalue weighted by Crippen LogP contribution is 2.26. The molecular formula is C17H21N3O3. The van der Waals surface area contributed by atoms with E-state index in [0.29, 0.717) is 31.2 Å². The molecule has 0 N–H and O–H groups in total. The lowest BCUT2D eigenvalue weighted by Crippen LogP contribution is -2.39. The molecule has 122 valence electrons. The number of para-hydroxylation sites is 2. The number of aromatic nitrogens is 2. The third kappa shape index (κ3) is 3.31. The van der Waals surface area contributed by atoms with Crippen LogP contribution < -0.4 is 9.47 Å². The molecule has 0 unspecified atom stereocenters. The van der Waals surface area contributed by atoms with Crippen LogP contribution >= 0.6 is 0 Å². The van der Waals surface area contributed by atoms with Crippen LogP contribution in [-0.4, -0.2) is 40.1 Å². The Morgan fingerprint density at radius 1 is 1.26 bits per heavy atom. The molecule has 0 aliphatic carbocycles. The lowest BCUT2D eigenvalue weighted by Gasteiger charge is -2.27. The number of hydrogen-bond donors (Lipinski definition) is 0. The van der Waals surface area contributed by atoms with Gasteiger partial charge in [-0.1, -0.05) is 12.1 Å². The lowest BCUT2D eigenvalue weighted by molar-refractivity contribution is -0.134. The first kappa shape index (κ1) is 15.4. The van der Waals surface area contributed by atoms with E-state index >= 15 is 0 Å². The molecule has 1 aromatic carbocycles. The van der Waals surface area contributed by atoms with E-state index in [4.69, 9.17) is 9.47 Å². The third-order valence-electron chi connectivity index (χ3n) is 3.96. The number of aryl methyl sites for hydroxylation is 1. The molecule has 0 bridgehead atoms. The van der Waals surface area contributed by atoms with E-state index in [2.05, 4.69) is 4.98 Å². The summed E-state index contributed by atoms with van der Waals surface area (Å²) in [7, 11) is 1.95. The molecule has 0 saturated carbocycles. The molecular weight excluding hydrogens is 294 g/mol. The quantitative estimate of drug-likeness (QED) is 0.844. The summed E-state index contributed by atoms with van der Waals surface area (Å²) >= 11 is 0. The molecule has 0 spiro atoms. The lowest BCUT2D eigenvalue weighted by atomic mass is 10.1. The zero-order valence-corrected chi connectivity index (χ0v) is 13.5. The minimum Gasteiger partial charge on any atom is -0.490 e. The SMILES string of the molecule is CCOc1ccccc1OCC(=O)N1CCc2ncn(C)c2C1. The number of benzene rings is 1. The molecule has 1 amide bonds.